The van der Waals surface area contributed by atoms with Gasteiger partial charge in [0.25, 0.3) is 0 Å². The Kier molecular flexibility index (Phi) is 2.64. The quantitative estimate of drug-likeness (QED) is 0.743. The number of hydrogen-bond acceptors (Lipinski definition) is 2. The zero-order valence-corrected chi connectivity index (χ0v) is 8.16. The van der Waals surface area contributed by atoms with Crippen LogP contribution in [0.1, 0.15) is 31.2 Å². The predicted octanol–water partition coefficient (Wildman–Crippen LogP) is 1.37. The van der Waals surface area contributed by atoms with E-state index in [4.69, 9.17) is 0 Å². The number of hydrogen-bond donors (Lipinski definition) is 1. The molecule has 0 aromatic carbocycles. The molecule has 2 rings (SSSR count). The maximum absolute atomic E-state index is 4.30. The molecular weight excluding hydrogens is 162 g/mol. The van der Waals surface area contributed by atoms with Gasteiger partial charge in [0.1, 0.15) is 0 Å². The van der Waals surface area contributed by atoms with Gasteiger partial charge in [-0.05, 0) is 37.8 Å². The fourth-order valence-electron chi connectivity index (χ4n) is 1.90. The van der Waals surface area contributed by atoms with Crippen LogP contribution in [0, 0.1) is 0 Å². The number of piperidine rings is 1. The minimum absolute atomic E-state index is 0.689. The van der Waals surface area contributed by atoms with Gasteiger partial charge in [-0.3, -0.25) is 4.68 Å². The SMILES string of the molecule is CCn1cc(C2CCCNC2)cn1. The molecule has 0 amide bonds. The van der Waals surface area contributed by atoms with Crippen molar-refractivity contribution in [3.8, 4) is 0 Å². The van der Waals surface area contributed by atoms with E-state index < -0.39 is 0 Å². The summed E-state index contributed by atoms with van der Waals surface area (Å²) in [6.45, 7) is 5.39. The van der Waals surface area contributed by atoms with E-state index in [0.29, 0.717) is 5.92 Å². The molecule has 1 aromatic rings. The van der Waals surface area contributed by atoms with Gasteiger partial charge in [0.05, 0.1) is 6.20 Å². The van der Waals surface area contributed by atoms with Gasteiger partial charge in [-0.2, -0.15) is 5.10 Å². The highest BCUT2D eigenvalue weighted by atomic mass is 15.3. The lowest BCUT2D eigenvalue weighted by Crippen LogP contribution is -2.28. The van der Waals surface area contributed by atoms with Gasteiger partial charge in [0.2, 0.25) is 0 Å². The van der Waals surface area contributed by atoms with Crippen molar-refractivity contribution in [2.24, 2.45) is 0 Å². The summed E-state index contributed by atoms with van der Waals surface area (Å²) >= 11 is 0. The van der Waals surface area contributed by atoms with E-state index in [1.165, 1.54) is 24.9 Å². The molecule has 1 unspecified atom stereocenters. The third-order valence-electron chi connectivity index (χ3n) is 2.75. The largest absolute Gasteiger partial charge is 0.316 e. The number of aromatic nitrogens is 2. The lowest BCUT2D eigenvalue weighted by atomic mass is 9.94. The van der Waals surface area contributed by atoms with Crippen LogP contribution in [0.2, 0.25) is 0 Å². The van der Waals surface area contributed by atoms with Gasteiger partial charge >= 0.3 is 0 Å². The van der Waals surface area contributed by atoms with Crippen molar-refractivity contribution in [1.29, 1.82) is 0 Å². The Morgan fingerprint density at radius 2 is 2.62 bits per heavy atom. The number of nitrogens with zero attached hydrogens (tertiary/aromatic N) is 2. The lowest BCUT2D eigenvalue weighted by Gasteiger charge is -2.21. The van der Waals surface area contributed by atoms with Crippen molar-refractivity contribution in [2.45, 2.75) is 32.2 Å². The first kappa shape index (κ1) is 8.75. The highest BCUT2D eigenvalue weighted by Crippen LogP contribution is 2.22. The van der Waals surface area contributed by atoms with Crippen molar-refractivity contribution >= 4 is 0 Å². The Balaban J connectivity index is 2.05. The molecule has 1 aliphatic rings. The van der Waals surface area contributed by atoms with Crippen LogP contribution in [0.3, 0.4) is 0 Å². The molecule has 1 atom stereocenters. The zero-order valence-electron chi connectivity index (χ0n) is 8.16. The number of nitrogens with one attached hydrogen (secondary N) is 1. The molecule has 2 heterocycles. The van der Waals surface area contributed by atoms with Gasteiger partial charge in [-0.25, -0.2) is 0 Å². The standard InChI is InChI=1S/C10H17N3/c1-2-13-8-10(7-12-13)9-4-3-5-11-6-9/h7-9,11H,2-6H2,1H3. The Hall–Kier alpha value is -0.830. The molecule has 1 N–H and O–H groups in total. The Morgan fingerprint density at radius 1 is 1.69 bits per heavy atom. The fourth-order valence-corrected chi connectivity index (χ4v) is 1.90. The van der Waals surface area contributed by atoms with Gasteiger partial charge < -0.3 is 5.32 Å². The molecule has 72 valence electrons. The average Bonchev–Trinajstić information content (AvgIpc) is 2.67. The molecular formula is C10H17N3. The monoisotopic (exact) mass is 179 g/mol. The molecule has 3 heteroatoms. The third-order valence-corrected chi connectivity index (χ3v) is 2.75. The summed E-state index contributed by atoms with van der Waals surface area (Å²) in [5.41, 5.74) is 1.40. The minimum atomic E-state index is 0.689. The van der Waals surface area contributed by atoms with Crippen LogP contribution >= 0.6 is 0 Å². The van der Waals surface area contributed by atoms with Crippen molar-refractivity contribution in [2.75, 3.05) is 13.1 Å². The summed E-state index contributed by atoms with van der Waals surface area (Å²) in [4.78, 5) is 0. The summed E-state index contributed by atoms with van der Waals surface area (Å²) in [7, 11) is 0. The Labute approximate surface area is 79.1 Å². The molecule has 0 bridgehead atoms. The molecule has 3 nitrogen and oxygen atoms in total. The van der Waals surface area contributed by atoms with Crippen molar-refractivity contribution in [3.05, 3.63) is 18.0 Å². The van der Waals surface area contributed by atoms with Crippen LogP contribution in [0.4, 0.5) is 0 Å². The van der Waals surface area contributed by atoms with E-state index in [1.54, 1.807) is 0 Å². The van der Waals surface area contributed by atoms with E-state index in [2.05, 4.69) is 23.5 Å². The second-order valence-electron chi connectivity index (χ2n) is 3.67. The Bertz CT molecular complexity index is 261. The number of aryl methyl sites for hydroxylation is 1. The zero-order chi connectivity index (χ0) is 9.10. The molecule has 0 saturated carbocycles. The van der Waals surface area contributed by atoms with Crippen LogP contribution in [-0.4, -0.2) is 22.9 Å². The van der Waals surface area contributed by atoms with Crippen LogP contribution in [0.25, 0.3) is 0 Å². The molecule has 13 heavy (non-hydrogen) atoms. The molecule has 0 radical (unpaired) electrons. The third kappa shape index (κ3) is 1.91. The van der Waals surface area contributed by atoms with E-state index in [0.717, 1.165) is 13.1 Å². The van der Waals surface area contributed by atoms with Gasteiger partial charge in [-0.1, -0.05) is 0 Å². The molecule has 1 aliphatic heterocycles. The highest BCUT2D eigenvalue weighted by Gasteiger charge is 2.15. The summed E-state index contributed by atoms with van der Waals surface area (Å²) in [6.07, 6.45) is 6.79. The molecule has 1 aromatic heterocycles. The first-order valence-electron chi connectivity index (χ1n) is 5.13. The molecule has 0 aliphatic carbocycles. The summed E-state index contributed by atoms with van der Waals surface area (Å²) < 4.78 is 2.00. The van der Waals surface area contributed by atoms with Gasteiger partial charge in [-0.15, -0.1) is 0 Å². The summed E-state index contributed by atoms with van der Waals surface area (Å²) in [5, 5.41) is 7.72. The Morgan fingerprint density at radius 3 is 3.23 bits per heavy atom. The fraction of sp³-hybridized carbons (Fsp3) is 0.700. The van der Waals surface area contributed by atoms with E-state index in [9.17, 15) is 0 Å². The van der Waals surface area contributed by atoms with E-state index >= 15 is 0 Å². The van der Waals surface area contributed by atoms with Crippen molar-refractivity contribution < 1.29 is 0 Å². The molecule has 0 spiro atoms. The van der Waals surface area contributed by atoms with E-state index in [-0.39, 0.29) is 0 Å². The average molecular weight is 179 g/mol. The smallest absolute Gasteiger partial charge is 0.0525 e. The van der Waals surface area contributed by atoms with Crippen molar-refractivity contribution in [3.63, 3.8) is 0 Å². The summed E-state index contributed by atoms with van der Waals surface area (Å²) in [6, 6.07) is 0. The normalized spacial score (nSPS) is 23.3. The first-order valence-corrected chi connectivity index (χ1v) is 5.13. The first-order chi connectivity index (χ1) is 6.40. The maximum atomic E-state index is 4.30. The van der Waals surface area contributed by atoms with Crippen molar-refractivity contribution in [1.82, 2.24) is 15.1 Å². The maximum Gasteiger partial charge on any atom is 0.0525 e. The predicted molar refractivity (Wildman–Crippen MR) is 52.7 cm³/mol. The molecule has 1 fully saturated rings. The van der Waals surface area contributed by atoms with Gasteiger partial charge in [0.15, 0.2) is 0 Å². The lowest BCUT2D eigenvalue weighted by molar-refractivity contribution is 0.461. The van der Waals surface area contributed by atoms with Crippen LogP contribution in [-0.2, 0) is 6.54 Å². The molecule has 1 saturated heterocycles. The minimum Gasteiger partial charge on any atom is -0.316 e. The van der Waals surface area contributed by atoms with Crippen LogP contribution in [0.5, 0.6) is 0 Å². The number of rotatable bonds is 2. The van der Waals surface area contributed by atoms with Gasteiger partial charge in [0, 0.05) is 19.3 Å². The van der Waals surface area contributed by atoms with Crippen LogP contribution < -0.4 is 5.32 Å². The van der Waals surface area contributed by atoms with E-state index in [1.807, 2.05) is 10.9 Å². The highest BCUT2D eigenvalue weighted by molar-refractivity contribution is 5.12. The van der Waals surface area contributed by atoms with Crippen LogP contribution in [0.15, 0.2) is 12.4 Å². The topological polar surface area (TPSA) is 29.9 Å². The second kappa shape index (κ2) is 3.92. The summed E-state index contributed by atoms with van der Waals surface area (Å²) in [5.74, 6) is 0.689. The second-order valence-corrected chi connectivity index (χ2v) is 3.67.